The van der Waals surface area contributed by atoms with Crippen LogP contribution < -0.4 is 21.3 Å². The standard InChI is InChI=1S/C28H29F6N5O3/c29-27(30,31)12-5-9-18(17(23(35)40)11-13-28(32,33)34)25(41)38-24-26(42)39-15-14-36-20-10-4-8-19(22(20)39)21(37-24)16-6-2-1-3-7-16/h1-4,6-8,10,17-18,24,36H,5,9,11-15H2,(H2,35,40)(H,38,41)/t17-,18+,24+/m0/s1. The van der Waals surface area contributed by atoms with Gasteiger partial charge in [0.1, 0.15) is 0 Å². The summed E-state index contributed by atoms with van der Waals surface area (Å²) in [5.74, 6) is -6.37. The van der Waals surface area contributed by atoms with Crippen LogP contribution in [0, 0.1) is 11.8 Å². The number of nitrogens with two attached hydrogens (primary N) is 1. The molecule has 42 heavy (non-hydrogen) atoms. The van der Waals surface area contributed by atoms with Crippen LogP contribution in [0.1, 0.15) is 43.2 Å². The van der Waals surface area contributed by atoms with Gasteiger partial charge in [-0.15, -0.1) is 0 Å². The molecule has 0 spiro atoms. The van der Waals surface area contributed by atoms with Gasteiger partial charge in [-0.2, -0.15) is 26.3 Å². The molecule has 2 aliphatic rings. The number of amides is 3. The summed E-state index contributed by atoms with van der Waals surface area (Å²) in [6, 6.07) is 14.0. The van der Waals surface area contributed by atoms with Crippen molar-refractivity contribution in [3.8, 4) is 0 Å². The maximum Gasteiger partial charge on any atom is 0.389 e. The van der Waals surface area contributed by atoms with Crippen LogP contribution in [0.15, 0.2) is 53.5 Å². The average Bonchev–Trinajstić information content (AvgIpc) is 3.03. The highest BCUT2D eigenvalue weighted by molar-refractivity contribution is 6.22. The van der Waals surface area contributed by atoms with Crippen LogP contribution in [-0.4, -0.2) is 55.0 Å². The summed E-state index contributed by atoms with van der Waals surface area (Å²) in [7, 11) is 0. The molecule has 2 aromatic carbocycles. The Morgan fingerprint density at radius 2 is 1.67 bits per heavy atom. The molecular weight excluding hydrogens is 568 g/mol. The van der Waals surface area contributed by atoms with Crippen LogP contribution >= 0.6 is 0 Å². The Bertz CT molecular complexity index is 1350. The molecule has 0 saturated heterocycles. The van der Waals surface area contributed by atoms with Crippen LogP contribution in [0.5, 0.6) is 0 Å². The number of para-hydroxylation sites is 1. The number of nitrogens with one attached hydrogen (secondary N) is 2. The van der Waals surface area contributed by atoms with Crippen molar-refractivity contribution in [2.75, 3.05) is 23.3 Å². The Hall–Kier alpha value is -4.10. The summed E-state index contributed by atoms with van der Waals surface area (Å²) in [4.78, 5) is 45.5. The molecule has 0 saturated carbocycles. The SMILES string of the molecule is NC(=O)[C@@H](CCC(F)(F)F)[C@@H](CCCC(F)(F)F)C(=O)N[C@H]1N=C(c2ccccc2)c2cccc3c2N(CCN3)C1=O. The third kappa shape index (κ3) is 7.39. The van der Waals surface area contributed by atoms with E-state index in [1.165, 1.54) is 4.90 Å². The van der Waals surface area contributed by atoms with Gasteiger partial charge in [0.2, 0.25) is 18.0 Å². The topological polar surface area (TPSA) is 117 Å². The zero-order valence-electron chi connectivity index (χ0n) is 22.3. The molecule has 2 heterocycles. The molecule has 4 rings (SSSR count). The monoisotopic (exact) mass is 597 g/mol. The van der Waals surface area contributed by atoms with Crippen LogP contribution in [0.4, 0.5) is 37.7 Å². The maximum atomic E-state index is 13.8. The Morgan fingerprint density at radius 3 is 2.31 bits per heavy atom. The van der Waals surface area contributed by atoms with Crippen molar-refractivity contribution >= 4 is 34.8 Å². The lowest BCUT2D eigenvalue weighted by Crippen LogP contribution is -2.52. The minimum atomic E-state index is -4.70. The number of hydrogen-bond acceptors (Lipinski definition) is 5. The third-order valence-corrected chi connectivity index (χ3v) is 7.20. The molecule has 2 aliphatic heterocycles. The predicted molar refractivity (Wildman–Crippen MR) is 143 cm³/mol. The van der Waals surface area contributed by atoms with Gasteiger partial charge in [0, 0.05) is 48.9 Å². The lowest BCUT2D eigenvalue weighted by molar-refractivity contribution is -0.147. The van der Waals surface area contributed by atoms with E-state index in [1.807, 2.05) is 0 Å². The molecule has 2 aromatic rings. The number of anilines is 2. The number of carbonyl (C=O) groups excluding carboxylic acids is 3. The molecule has 0 aromatic heterocycles. The summed E-state index contributed by atoms with van der Waals surface area (Å²) >= 11 is 0. The first-order valence-electron chi connectivity index (χ1n) is 13.3. The molecule has 0 fully saturated rings. The fourth-order valence-electron chi connectivity index (χ4n) is 5.26. The van der Waals surface area contributed by atoms with Crippen molar-refractivity contribution < 1.29 is 40.7 Å². The molecule has 0 aliphatic carbocycles. The summed E-state index contributed by atoms with van der Waals surface area (Å²) in [6.07, 6.45) is -15.8. The lowest BCUT2D eigenvalue weighted by Gasteiger charge is -2.32. The smallest absolute Gasteiger partial charge is 0.382 e. The fraction of sp³-hybridized carbons (Fsp3) is 0.429. The molecule has 3 amide bonds. The average molecular weight is 598 g/mol. The summed E-state index contributed by atoms with van der Waals surface area (Å²) in [5, 5.41) is 5.64. The number of carbonyl (C=O) groups is 3. The molecule has 0 bridgehead atoms. The molecule has 14 heteroatoms. The van der Waals surface area contributed by atoms with Gasteiger partial charge in [0.15, 0.2) is 0 Å². The Kier molecular flexibility index (Phi) is 9.12. The maximum absolute atomic E-state index is 13.8. The number of alkyl halides is 6. The van der Waals surface area contributed by atoms with E-state index >= 15 is 0 Å². The van der Waals surface area contributed by atoms with Gasteiger partial charge in [-0.05, 0) is 25.3 Å². The second kappa shape index (κ2) is 12.4. The highest BCUT2D eigenvalue weighted by atomic mass is 19.4. The number of aliphatic imine (C=N–C) groups is 1. The second-order valence-corrected chi connectivity index (χ2v) is 10.1. The van der Waals surface area contributed by atoms with E-state index in [9.17, 15) is 40.7 Å². The first kappa shape index (κ1) is 30.8. The molecular formula is C28H29F6N5O3. The van der Waals surface area contributed by atoms with Crippen molar-refractivity contribution in [1.29, 1.82) is 0 Å². The molecule has 226 valence electrons. The van der Waals surface area contributed by atoms with Gasteiger partial charge in [0.25, 0.3) is 5.91 Å². The Morgan fingerprint density at radius 1 is 0.976 bits per heavy atom. The van der Waals surface area contributed by atoms with Crippen LogP contribution in [0.25, 0.3) is 0 Å². The van der Waals surface area contributed by atoms with E-state index in [0.717, 1.165) is 0 Å². The Balaban J connectivity index is 1.71. The quantitative estimate of drug-likeness (QED) is 0.349. The van der Waals surface area contributed by atoms with E-state index in [0.29, 0.717) is 34.8 Å². The summed E-state index contributed by atoms with van der Waals surface area (Å²) < 4.78 is 77.6. The van der Waals surface area contributed by atoms with E-state index in [4.69, 9.17) is 5.73 Å². The molecule has 8 nitrogen and oxygen atoms in total. The first-order valence-corrected chi connectivity index (χ1v) is 13.3. The minimum Gasteiger partial charge on any atom is -0.382 e. The van der Waals surface area contributed by atoms with Crippen molar-refractivity contribution in [2.24, 2.45) is 22.6 Å². The van der Waals surface area contributed by atoms with Crippen molar-refractivity contribution in [3.05, 3.63) is 59.7 Å². The number of rotatable bonds is 10. The van der Waals surface area contributed by atoms with Gasteiger partial charge in [-0.1, -0.05) is 42.5 Å². The molecule has 3 atom stereocenters. The van der Waals surface area contributed by atoms with Crippen molar-refractivity contribution in [2.45, 2.75) is 50.6 Å². The fourth-order valence-corrected chi connectivity index (χ4v) is 5.26. The van der Waals surface area contributed by atoms with Crippen LogP contribution in [0.2, 0.25) is 0 Å². The highest BCUT2D eigenvalue weighted by Crippen LogP contribution is 2.37. The number of hydrogen-bond donors (Lipinski definition) is 3. The van der Waals surface area contributed by atoms with Crippen LogP contribution in [-0.2, 0) is 14.4 Å². The van der Waals surface area contributed by atoms with E-state index < -0.39 is 80.2 Å². The van der Waals surface area contributed by atoms with Gasteiger partial charge in [-0.3, -0.25) is 14.4 Å². The third-order valence-electron chi connectivity index (χ3n) is 7.20. The minimum absolute atomic E-state index is 0.206. The molecule has 0 unspecified atom stereocenters. The number of primary amides is 1. The molecule has 0 radical (unpaired) electrons. The molecule has 4 N–H and O–H groups in total. The number of benzene rings is 2. The van der Waals surface area contributed by atoms with E-state index in [-0.39, 0.29) is 6.54 Å². The zero-order valence-corrected chi connectivity index (χ0v) is 22.3. The van der Waals surface area contributed by atoms with Crippen molar-refractivity contribution in [3.63, 3.8) is 0 Å². The van der Waals surface area contributed by atoms with Crippen LogP contribution in [0.3, 0.4) is 0 Å². The summed E-state index contributed by atoms with van der Waals surface area (Å²) in [6.45, 7) is 0.585. The lowest BCUT2D eigenvalue weighted by atomic mass is 9.83. The van der Waals surface area contributed by atoms with Crippen molar-refractivity contribution in [1.82, 2.24) is 5.32 Å². The first-order chi connectivity index (χ1) is 19.7. The van der Waals surface area contributed by atoms with Gasteiger partial charge < -0.3 is 21.3 Å². The van der Waals surface area contributed by atoms with Gasteiger partial charge in [-0.25, -0.2) is 4.99 Å². The number of nitrogens with zero attached hydrogens (tertiary/aromatic N) is 2. The normalized spacial score (nSPS) is 18.2. The van der Waals surface area contributed by atoms with E-state index in [1.54, 1.807) is 48.5 Å². The predicted octanol–water partition coefficient (Wildman–Crippen LogP) is 4.53. The number of halogens is 6. The van der Waals surface area contributed by atoms with E-state index in [2.05, 4.69) is 15.6 Å². The second-order valence-electron chi connectivity index (χ2n) is 10.1. The highest BCUT2D eigenvalue weighted by Gasteiger charge is 2.41. The van der Waals surface area contributed by atoms with Gasteiger partial charge >= 0.3 is 12.4 Å². The largest absolute Gasteiger partial charge is 0.389 e. The zero-order chi connectivity index (χ0) is 30.7. The summed E-state index contributed by atoms with van der Waals surface area (Å²) in [5.41, 5.74) is 8.05. The van der Waals surface area contributed by atoms with Gasteiger partial charge in [0.05, 0.1) is 17.1 Å². The Labute approximate surface area is 237 Å².